The van der Waals surface area contributed by atoms with E-state index in [4.69, 9.17) is 23.2 Å². The van der Waals surface area contributed by atoms with E-state index in [2.05, 4.69) is 17.6 Å². The van der Waals surface area contributed by atoms with Crippen LogP contribution in [0.4, 0.5) is 5.69 Å². The molecule has 23 heavy (non-hydrogen) atoms. The molecule has 0 bridgehead atoms. The van der Waals surface area contributed by atoms with E-state index in [9.17, 15) is 9.59 Å². The van der Waals surface area contributed by atoms with Crippen molar-refractivity contribution < 1.29 is 9.59 Å². The Labute approximate surface area is 147 Å². The van der Waals surface area contributed by atoms with Crippen LogP contribution in [0.5, 0.6) is 0 Å². The van der Waals surface area contributed by atoms with Crippen molar-refractivity contribution in [3.8, 4) is 0 Å². The number of hydrogen-bond donors (Lipinski definition) is 2. The lowest BCUT2D eigenvalue weighted by molar-refractivity contribution is -0.123. The van der Waals surface area contributed by atoms with E-state index < -0.39 is 0 Å². The van der Waals surface area contributed by atoms with Crippen LogP contribution in [0.15, 0.2) is 18.2 Å². The summed E-state index contributed by atoms with van der Waals surface area (Å²) in [7, 11) is 1.71. The molecule has 2 N–H and O–H groups in total. The van der Waals surface area contributed by atoms with E-state index in [1.165, 1.54) is 0 Å². The third kappa shape index (κ3) is 7.20. The highest BCUT2D eigenvalue weighted by molar-refractivity contribution is 6.39. The smallest absolute Gasteiger partial charge is 0.238 e. The fraction of sp³-hybridized carbons (Fsp3) is 0.500. The molecule has 1 aromatic carbocycles. The van der Waals surface area contributed by atoms with Gasteiger partial charge in [-0.15, -0.1) is 0 Å². The molecule has 7 heteroatoms. The van der Waals surface area contributed by atoms with Crippen molar-refractivity contribution >= 4 is 40.7 Å². The van der Waals surface area contributed by atoms with Crippen molar-refractivity contribution in [2.45, 2.75) is 32.7 Å². The van der Waals surface area contributed by atoms with Crippen LogP contribution in [-0.2, 0) is 9.59 Å². The van der Waals surface area contributed by atoms with Crippen LogP contribution in [-0.4, -0.2) is 42.9 Å². The number of benzene rings is 1. The van der Waals surface area contributed by atoms with Gasteiger partial charge in [-0.2, -0.15) is 0 Å². The summed E-state index contributed by atoms with van der Waals surface area (Å²) in [4.78, 5) is 25.5. The summed E-state index contributed by atoms with van der Waals surface area (Å²) >= 11 is 12.0. The number of carbonyl (C=O) groups is 2. The van der Waals surface area contributed by atoms with Crippen LogP contribution >= 0.6 is 23.2 Å². The van der Waals surface area contributed by atoms with Gasteiger partial charge in [-0.3, -0.25) is 14.5 Å². The van der Waals surface area contributed by atoms with Gasteiger partial charge in [0.05, 0.1) is 28.8 Å². The van der Waals surface area contributed by atoms with Gasteiger partial charge in [-0.05, 0) is 32.5 Å². The van der Waals surface area contributed by atoms with Crippen LogP contribution in [0.2, 0.25) is 10.0 Å². The Kier molecular flexibility index (Phi) is 8.37. The second-order valence-electron chi connectivity index (χ2n) is 5.57. The van der Waals surface area contributed by atoms with Gasteiger partial charge in [0.15, 0.2) is 0 Å². The molecule has 0 aliphatic rings. The molecule has 0 radical (unpaired) electrons. The van der Waals surface area contributed by atoms with Gasteiger partial charge in [-0.1, -0.05) is 42.6 Å². The predicted octanol–water partition coefficient (Wildman–Crippen LogP) is 3.17. The molecule has 0 aliphatic heterocycles. The second-order valence-corrected chi connectivity index (χ2v) is 6.39. The van der Waals surface area contributed by atoms with Gasteiger partial charge in [0.1, 0.15) is 0 Å². The normalized spacial score (nSPS) is 12.1. The zero-order valence-corrected chi connectivity index (χ0v) is 15.2. The summed E-state index contributed by atoms with van der Waals surface area (Å²) in [5.41, 5.74) is 0.384. The third-order valence-corrected chi connectivity index (χ3v) is 3.81. The Morgan fingerprint density at radius 1 is 1.17 bits per heavy atom. The molecule has 0 heterocycles. The maximum absolute atomic E-state index is 12.0. The Bertz CT molecular complexity index is 532. The summed E-state index contributed by atoms with van der Waals surface area (Å²) in [5.74, 6) is -0.381. The molecule has 0 unspecified atom stereocenters. The zero-order valence-electron chi connectivity index (χ0n) is 13.7. The van der Waals surface area contributed by atoms with Gasteiger partial charge < -0.3 is 10.6 Å². The van der Waals surface area contributed by atoms with E-state index in [0.717, 1.165) is 12.8 Å². The lowest BCUT2D eigenvalue weighted by atomic mass is 10.2. The van der Waals surface area contributed by atoms with Crippen molar-refractivity contribution in [1.82, 2.24) is 10.2 Å². The fourth-order valence-corrected chi connectivity index (χ4v) is 2.66. The van der Waals surface area contributed by atoms with Gasteiger partial charge in [0, 0.05) is 6.04 Å². The van der Waals surface area contributed by atoms with E-state index in [-0.39, 0.29) is 30.9 Å². The Morgan fingerprint density at radius 3 is 2.30 bits per heavy atom. The van der Waals surface area contributed by atoms with Crippen molar-refractivity contribution in [2.75, 3.05) is 25.5 Å². The molecular formula is C16H23Cl2N3O2. The molecular weight excluding hydrogens is 337 g/mol. The lowest BCUT2D eigenvalue weighted by Crippen LogP contribution is -2.42. The molecule has 1 atom stereocenters. The van der Waals surface area contributed by atoms with Gasteiger partial charge in [0.25, 0.3) is 0 Å². The number of hydrogen-bond acceptors (Lipinski definition) is 3. The number of nitrogens with zero attached hydrogens (tertiary/aromatic N) is 1. The first-order valence-electron chi connectivity index (χ1n) is 7.55. The van der Waals surface area contributed by atoms with Crippen LogP contribution in [0, 0.1) is 0 Å². The maximum atomic E-state index is 12.0. The minimum Gasteiger partial charge on any atom is -0.353 e. The second kappa shape index (κ2) is 9.75. The molecule has 0 saturated carbocycles. The number of amides is 2. The standard InChI is InChI=1S/C16H23Cl2N3O2/c1-4-6-11(2)19-14(22)9-21(3)10-15(23)20-16-12(17)7-5-8-13(16)18/h5,7-8,11H,4,6,9-10H2,1-3H3,(H,19,22)(H,20,23)/t11-/m1/s1. The number of carbonyl (C=O) groups excluding carboxylic acids is 2. The minimum atomic E-state index is -0.281. The highest BCUT2D eigenvalue weighted by Crippen LogP contribution is 2.29. The largest absolute Gasteiger partial charge is 0.353 e. The Morgan fingerprint density at radius 2 is 1.74 bits per heavy atom. The number of para-hydroxylation sites is 1. The average molecular weight is 360 g/mol. The zero-order chi connectivity index (χ0) is 17.4. The topological polar surface area (TPSA) is 61.4 Å². The Hall–Kier alpha value is -1.30. The lowest BCUT2D eigenvalue weighted by Gasteiger charge is -2.18. The number of nitrogens with one attached hydrogen (secondary N) is 2. The summed E-state index contributed by atoms with van der Waals surface area (Å²) < 4.78 is 0. The quantitative estimate of drug-likeness (QED) is 0.749. The molecule has 0 saturated heterocycles. The van der Waals surface area contributed by atoms with E-state index in [0.29, 0.717) is 15.7 Å². The molecule has 0 aliphatic carbocycles. The third-order valence-electron chi connectivity index (χ3n) is 3.18. The number of likely N-dealkylation sites (N-methyl/N-ethyl adjacent to an activating group) is 1. The van der Waals surface area contributed by atoms with Gasteiger partial charge in [0.2, 0.25) is 11.8 Å². The van der Waals surface area contributed by atoms with Crippen LogP contribution in [0.25, 0.3) is 0 Å². The molecule has 2 amide bonds. The van der Waals surface area contributed by atoms with Crippen molar-refractivity contribution in [3.05, 3.63) is 28.2 Å². The van der Waals surface area contributed by atoms with Crippen LogP contribution in [0.3, 0.4) is 0 Å². The van der Waals surface area contributed by atoms with E-state index in [1.54, 1.807) is 30.1 Å². The number of halogens is 2. The van der Waals surface area contributed by atoms with Gasteiger partial charge >= 0.3 is 0 Å². The van der Waals surface area contributed by atoms with Gasteiger partial charge in [-0.25, -0.2) is 0 Å². The molecule has 0 aromatic heterocycles. The summed E-state index contributed by atoms with van der Waals surface area (Å²) in [6.45, 7) is 4.25. The van der Waals surface area contributed by atoms with Crippen LogP contribution in [0.1, 0.15) is 26.7 Å². The number of anilines is 1. The first kappa shape index (κ1) is 19.7. The first-order chi connectivity index (χ1) is 10.8. The monoisotopic (exact) mass is 359 g/mol. The number of rotatable bonds is 8. The minimum absolute atomic E-state index is 0.0666. The van der Waals surface area contributed by atoms with Crippen molar-refractivity contribution in [2.24, 2.45) is 0 Å². The van der Waals surface area contributed by atoms with Crippen LogP contribution < -0.4 is 10.6 Å². The fourth-order valence-electron chi connectivity index (χ4n) is 2.17. The molecule has 0 spiro atoms. The summed E-state index contributed by atoms with van der Waals surface area (Å²) in [5, 5.41) is 6.32. The summed E-state index contributed by atoms with van der Waals surface area (Å²) in [6, 6.07) is 5.13. The first-order valence-corrected chi connectivity index (χ1v) is 8.30. The highest BCUT2D eigenvalue weighted by atomic mass is 35.5. The maximum Gasteiger partial charge on any atom is 0.238 e. The van der Waals surface area contributed by atoms with Crippen molar-refractivity contribution in [1.29, 1.82) is 0 Å². The average Bonchev–Trinajstić information content (AvgIpc) is 2.42. The molecule has 0 fully saturated rings. The summed E-state index contributed by atoms with van der Waals surface area (Å²) in [6.07, 6.45) is 1.94. The molecule has 5 nitrogen and oxygen atoms in total. The van der Waals surface area contributed by atoms with Crippen molar-refractivity contribution in [3.63, 3.8) is 0 Å². The predicted molar refractivity (Wildman–Crippen MR) is 95.1 cm³/mol. The molecule has 1 aromatic rings. The van der Waals surface area contributed by atoms with E-state index in [1.807, 2.05) is 6.92 Å². The molecule has 128 valence electrons. The van der Waals surface area contributed by atoms with E-state index >= 15 is 0 Å². The highest BCUT2D eigenvalue weighted by Gasteiger charge is 2.14. The SMILES string of the molecule is CCC[C@@H](C)NC(=O)CN(C)CC(=O)Nc1c(Cl)cccc1Cl. The molecule has 1 rings (SSSR count). The Balaban J connectivity index is 2.46.